The van der Waals surface area contributed by atoms with Crippen LogP contribution in [0.2, 0.25) is 10.0 Å². The molecule has 9 nitrogen and oxygen atoms in total. The lowest BCUT2D eigenvalue weighted by atomic mass is 10.3. The normalized spacial score (nSPS) is 11.0. The van der Waals surface area contributed by atoms with Crippen molar-refractivity contribution in [1.29, 1.82) is 0 Å². The molecule has 0 aliphatic carbocycles. The molecule has 0 spiro atoms. The molecule has 0 radical (unpaired) electrons. The second kappa shape index (κ2) is 10.7. The summed E-state index contributed by atoms with van der Waals surface area (Å²) in [6.45, 7) is -1.24. The zero-order chi connectivity index (χ0) is 24.9. The largest absolute Gasteiger partial charge is 0.331 e. The number of hydrogen-bond acceptors (Lipinski definition) is 5. The first-order valence-corrected chi connectivity index (χ1v) is 10.9. The van der Waals surface area contributed by atoms with E-state index >= 15 is 0 Å². The van der Waals surface area contributed by atoms with Crippen molar-refractivity contribution >= 4 is 29.2 Å². The second-order valence-corrected chi connectivity index (χ2v) is 7.96. The van der Waals surface area contributed by atoms with Gasteiger partial charge in [-0.25, -0.2) is 37.3 Å². The second-order valence-electron chi connectivity index (χ2n) is 7.14. The van der Waals surface area contributed by atoms with Crippen LogP contribution in [0.3, 0.4) is 0 Å². The quantitative estimate of drug-likeness (QED) is 0.374. The molecular formula is C21H17Cl2F3N8O. The summed E-state index contributed by atoms with van der Waals surface area (Å²) in [4.78, 5) is 22.2. The molecule has 2 heterocycles. The number of rotatable bonds is 8. The van der Waals surface area contributed by atoms with Gasteiger partial charge in [-0.1, -0.05) is 23.2 Å². The smallest absolute Gasteiger partial charge is 0.318 e. The van der Waals surface area contributed by atoms with E-state index in [1.807, 2.05) is 0 Å². The Morgan fingerprint density at radius 2 is 1.46 bits per heavy atom. The Labute approximate surface area is 207 Å². The fourth-order valence-corrected chi connectivity index (χ4v) is 3.45. The van der Waals surface area contributed by atoms with Gasteiger partial charge in [-0.15, -0.1) is 0 Å². The van der Waals surface area contributed by atoms with Crippen LogP contribution in [0.25, 0.3) is 11.4 Å². The molecule has 0 bridgehead atoms. The first kappa shape index (κ1) is 24.5. The van der Waals surface area contributed by atoms with Crippen LogP contribution in [0.5, 0.6) is 0 Å². The molecule has 35 heavy (non-hydrogen) atoms. The minimum Gasteiger partial charge on any atom is -0.331 e. The van der Waals surface area contributed by atoms with Gasteiger partial charge in [0, 0.05) is 12.1 Å². The molecule has 0 aliphatic heterocycles. The molecule has 4 rings (SSSR count). The van der Waals surface area contributed by atoms with Crippen molar-refractivity contribution in [3.05, 3.63) is 82.4 Å². The minimum atomic E-state index is -0.808. The highest BCUT2D eigenvalue weighted by Crippen LogP contribution is 2.20. The molecule has 2 aromatic carbocycles. The summed E-state index contributed by atoms with van der Waals surface area (Å²) in [7, 11) is 0. The Balaban J connectivity index is 1.48. The number of carbonyl (C=O) groups is 1. The SMILES string of the molecule is O=C(NCc1ncnn1-c1ccc(Cl)c(F)c1)N(CCF)Cc1ncnn1-c1ccc(Cl)c(F)c1. The van der Waals surface area contributed by atoms with Gasteiger partial charge in [0.25, 0.3) is 0 Å². The number of amides is 2. The Morgan fingerprint density at radius 3 is 2.00 bits per heavy atom. The van der Waals surface area contributed by atoms with Crippen LogP contribution >= 0.6 is 23.2 Å². The zero-order valence-corrected chi connectivity index (χ0v) is 19.4. The summed E-state index contributed by atoms with van der Waals surface area (Å²) in [5.41, 5.74) is 0.695. The molecular weight excluding hydrogens is 508 g/mol. The van der Waals surface area contributed by atoms with Crippen LogP contribution < -0.4 is 5.32 Å². The maximum Gasteiger partial charge on any atom is 0.318 e. The fraction of sp³-hybridized carbons (Fsp3) is 0.190. The van der Waals surface area contributed by atoms with Crippen molar-refractivity contribution in [2.75, 3.05) is 13.2 Å². The van der Waals surface area contributed by atoms with Crippen LogP contribution in [0.1, 0.15) is 11.6 Å². The van der Waals surface area contributed by atoms with E-state index in [2.05, 4.69) is 25.5 Å². The van der Waals surface area contributed by atoms with E-state index in [-0.39, 0.29) is 35.5 Å². The van der Waals surface area contributed by atoms with Crippen LogP contribution in [0, 0.1) is 11.6 Å². The van der Waals surface area contributed by atoms with E-state index in [0.717, 1.165) is 0 Å². The first-order chi connectivity index (χ1) is 16.9. The number of urea groups is 1. The summed E-state index contributed by atoms with van der Waals surface area (Å²) >= 11 is 11.5. The predicted octanol–water partition coefficient (Wildman–Crippen LogP) is 4.11. The number of alkyl halides is 1. The minimum absolute atomic E-state index is 0.0419. The van der Waals surface area contributed by atoms with E-state index in [1.165, 1.54) is 57.2 Å². The summed E-state index contributed by atoms with van der Waals surface area (Å²) in [6.07, 6.45) is 2.49. The molecule has 0 saturated heterocycles. The van der Waals surface area contributed by atoms with Gasteiger partial charge in [0.1, 0.15) is 31.0 Å². The predicted molar refractivity (Wildman–Crippen MR) is 121 cm³/mol. The summed E-state index contributed by atoms with van der Waals surface area (Å²) in [6, 6.07) is 7.57. The molecule has 2 aromatic heterocycles. The average Bonchev–Trinajstić information content (AvgIpc) is 3.50. The van der Waals surface area contributed by atoms with Gasteiger partial charge in [-0.2, -0.15) is 10.2 Å². The summed E-state index contributed by atoms with van der Waals surface area (Å²) in [5, 5.41) is 10.6. The molecule has 0 atom stereocenters. The number of aromatic nitrogens is 6. The molecule has 0 aliphatic rings. The highest BCUT2D eigenvalue weighted by atomic mass is 35.5. The Kier molecular flexibility index (Phi) is 7.51. The fourth-order valence-electron chi connectivity index (χ4n) is 3.22. The standard InChI is InChI=1S/C21H17Cl2F3N8O/c22-15-3-1-13(7-17(15)25)33-19(28-11-30-33)9-27-21(35)32(6-5-24)10-20-29-12-31-34(20)14-2-4-16(23)18(26)8-14/h1-4,7-8,11-12H,5-6,9-10H2,(H,27,35). The van der Waals surface area contributed by atoms with Crippen molar-refractivity contribution in [3.8, 4) is 11.4 Å². The van der Waals surface area contributed by atoms with Gasteiger partial charge in [-0.3, -0.25) is 0 Å². The molecule has 0 fully saturated rings. The molecule has 2 amide bonds. The lowest BCUT2D eigenvalue weighted by molar-refractivity contribution is 0.187. The molecule has 4 aromatic rings. The topological polar surface area (TPSA) is 93.8 Å². The molecule has 182 valence electrons. The van der Waals surface area contributed by atoms with E-state index in [1.54, 1.807) is 6.07 Å². The van der Waals surface area contributed by atoms with Gasteiger partial charge in [0.15, 0.2) is 11.6 Å². The summed E-state index contributed by atoms with van der Waals surface area (Å²) < 4.78 is 43.6. The number of halogens is 5. The third-order valence-corrected chi connectivity index (χ3v) is 5.52. The number of hydrogen-bond donors (Lipinski definition) is 1. The Hall–Kier alpha value is -3.64. The zero-order valence-electron chi connectivity index (χ0n) is 17.9. The first-order valence-electron chi connectivity index (χ1n) is 10.1. The van der Waals surface area contributed by atoms with Crippen molar-refractivity contribution in [2.45, 2.75) is 13.1 Å². The third kappa shape index (κ3) is 5.54. The van der Waals surface area contributed by atoms with Crippen LogP contribution in [-0.2, 0) is 13.1 Å². The highest BCUT2D eigenvalue weighted by molar-refractivity contribution is 6.31. The van der Waals surface area contributed by atoms with E-state index in [9.17, 15) is 18.0 Å². The number of carbonyl (C=O) groups excluding carboxylic acids is 1. The Morgan fingerprint density at radius 1 is 0.914 bits per heavy atom. The van der Waals surface area contributed by atoms with Gasteiger partial charge >= 0.3 is 6.03 Å². The van der Waals surface area contributed by atoms with Crippen molar-refractivity contribution in [3.63, 3.8) is 0 Å². The number of benzene rings is 2. The third-order valence-electron chi connectivity index (χ3n) is 4.90. The summed E-state index contributed by atoms with van der Waals surface area (Å²) in [5.74, 6) is -0.697. The molecule has 0 saturated carbocycles. The maximum absolute atomic E-state index is 13.9. The number of nitrogens with one attached hydrogen (secondary N) is 1. The number of nitrogens with zero attached hydrogens (tertiary/aromatic N) is 7. The molecule has 1 N–H and O–H groups in total. The monoisotopic (exact) mass is 524 g/mol. The maximum atomic E-state index is 13.9. The van der Waals surface area contributed by atoms with Crippen LogP contribution in [-0.4, -0.2) is 53.7 Å². The lowest BCUT2D eigenvalue weighted by Gasteiger charge is -2.21. The van der Waals surface area contributed by atoms with Crippen LogP contribution in [0.4, 0.5) is 18.0 Å². The lowest BCUT2D eigenvalue weighted by Crippen LogP contribution is -2.41. The van der Waals surface area contributed by atoms with E-state index in [4.69, 9.17) is 23.2 Å². The van der Waals surface area contributed by atoms with Crippen molar-refractivity contribution < 1.29 is 18.0 Å². The van der Waals surface area contributed by atoms with Gasteiger partial charge in [-0.05, 0) is 24.3 Å². The van der Waals surface area contributed by atoms with Crippen molar-refractivity contribution in [1.82, 2.24) is 39.7 Å². The van der Waals surface area contributed by atoms with E-state index < -0.39 is 24.3 Å². The average molecular weight is 525 g/mol. The highest BCUT2D eigenvalue weighted by Gasteiger charge is 2.19. The molecule has 0 unspecified atom stereocenters. The van der Waals surface area contributed by atoms with Crippen LogP contribution in [0.15, 0.2) is 49.1 Å². The Bertz CT molecular complexity index is 1350. The van der Waals surface area contributed by atoms with E-state index in [0.29, 0.717) is 17.2 Å². The van der Waals surface area contributed by atoms with Gasteiger partial charge < -0.3 is 10.2 Å². The van der Waals surface area contributed by atoms with Gasteiger partial charge in [0.2, 0.25) is 0 Å². The molecule has 14 heteroatoms. The van der Waals surface area contributed by atoms with Crippen molar-refractivity contribution in [2.24, 2.45) is 0 Å². The van der Waals surface area contributed by atoms with Gasteiger partial charge in [0.05, 0.1) is 41.1 Å².